The smallest absolute Gasteiger partial charge is 0.308 e. The number of carbonyl (C=O) groups is 2. The van der Waals surface area contributed by atoms with Gasteiger partial charge in [0, 0.05) is 18.5 Å². The van der Waals surface area contributed by atoms with Crippen LogP contribution in [0.4, 0.5) is 0 Å². The van der Waals surface area contributed by atoms with E-state index < -0.39 is 11.9 Å². The topological polar surface area (TPSA) is 57.6 Å². The highest BCUT2D eigenvalue weighted by molar-refractivity contribution is 5.81. The van der Waals surface area contributed by atoms with Crippen LogP contribution in [0.25, 0.3) is 0 Å². The van der Waals surface area contributed by atoms with Gasteiger partial charge in [-0.15, -0.1) is 0 Å². The van der Waals surface area contributed by atoms with Crippen molar-refractivity contribution in [3.05, 3.63) is 0 Å². The Morgan fingerprint density at radius 2 is 1.88 bits per heavy atom. The molecule has 3 unspecified atom stereocenters. The molecule has 3 atom stereocenters. The van der Waals surface area contributed by atoms with Crippen LogP contribution in [0.3, 0.4) is 0 Å². The SMILES string of the molecule is CC1C(C(=O)O)CCN1C(=O)C(C)C(C)(C)C. The van der Waals surface area contributed by atoms with Crippen LogP contribution in [0.1, 0.15) is 41.0 Å². The van der Waals surface area contributed by atoms with E-state index in [-0.39, 0.29) is 23.3 Å². The fraction of sp³-hybridized carbons (Fsp3) is 0.846. The number of rotatable bonds is 2. The summed E-state index contributed by atoms with van der Waals surface area (Å²) in [7, 11) is 0. The van der Waals surface area contributed by atoms with Crippen molar-refractivity contribution in [2.45, 2.75) is 47.1 Å². The van der Waals surface area contributed by atoms with Gasteiger partial charge in [0.1, 0.15) is 0 Å². The molecule has 0 aromatic heterocycles. The molecule has 1 aliphatic heterocycles. The predicted octanol–water partition coefficient (Wildman–Crippen LogP) is 1.99. The summed E-state index contributed by atoms with van der Waals surface area (Å²) in [6, 6.07) is -0.190. The molecule has 1 saturated heterocycles. The third kappa shape index (κ3) is 2.79. The van der Waals surface area contributed by atoms with Crippen LogP contribution in [0, 0.1) is 17.3 Å². The molecule has 98 valence electrons. The number of carboxylic acids is 1. The molecule has 17 heavy (non-hydrogen) atoms. The quantitative estimate of drug-likeness (QED) is 0.804. The Labute approximate surface area is 103 Å². The van der Waals surface area contributed by atoms with Gasteiger partial charge in [-0.3, -0.25) is 9.59 Å². The molecular formula is C13H23NO3. The normalized spacial score (nSPS) is 27.0. The van der Waals surface area contributed by atoms with E-state index in [9.17, 15) is 9.59 Å². The summed E-state index contributed by atoms with van der Waals surface area (Å²) in [6.45, 7) is 10.4. The molecule has 0 aliphatic carbocycles. The predicted molar refractivity (Wildman–Crippen MR) is 65.5 cm³/mol. The second-order valence-electron chi connectivity index (χ2n) is 6.09. The molecule has 0 bridgehead atoms. The fourth-order valence-corrected chi connectivity index (χ4v) is 2.20. The van der Waals surface area contributed by atoms with Crippen molar-refractivity contribution >= 4 is 11.9 Å². The maximum absolute atomic E-state index is 12.3. The number of nitrogens with zero attached hydrogens (tertiary/aromatic N) is 1. The summed E-state index contributed by atoms with van der Waals surface area (Å²) >= 11 is 0. The number of hydrogen-bond acceptors (Lipinski definition) is 2. The summed E-state index contributed by atoms with van der Waals surface area (Å²) in [5.41, 5.74) is -0.0852. The number of hydrogen-bond donors (Lipinski definition) is 1. The van der Waals surface area contributed by atoms with E-state index >= 15 is 0 Å². The van der Waals surface area contributed by atoms with E-state index in [0.717, 1.165) is 0 Å². The zero-order valence-electron chi connectivity index (χ0n) is 11.4. The molecule has 1 amide bonds. The Balaban J connectivity index is 2.76. The van der Waals surface area contributed by atoms with Gasteiger partial charge in [-0.1, -0.05) is 27.7 Å². The van der Waals surface area contributed by atoms with E-state index in [1.165, 1.54) is 0 Å². The number of likely N-dealkylation sites (tertiary alicyclic amines) is 1. The molecular weight excluding hydrogens is 218 g/mol. The first kappa shape index (κ1) is 14.0. The van der Waals surface area contributed by atoms with Gasteiger partial charge < -0.3 is 10.0 Å². The van der Waals surface area contributed by atoms with Gasteiger partial charge in [-0.25, -0.2) is 0 Å². The molecule has 4 nitrogen and oxygen atoms in total. The van der Waals surface area contributed by atoms with Crippen molar-refractivity contribution in [1.82, 2.24) is 4.90 Å². The van der Waals surface area contributed by atoms with Crippen LogP contribution < -0.4 is 0 Å². The summed E-state index contributed by atoms with van der Waals surface area (Å²) in [6.07, 6.45) is 0.569. The number of carbonyl (C=O) groups excluding carboxylic acids is 1. The summed E-state index contributed by atoms with van der Waals surface area (Å²) < 4.78 is 0. The van der Waals surface area contributed by atoms with Crippen LogP contribution in [0.5, 0.6) is 0 Å². The molecule has 1 fully saturated rings. The second-order valence-corrected chi connectivity index (χ2v) is 6.09. The van der Waals surface area contributed by atoms with Gasteiger partial charge in [0.25, 0.3) is 0 Å². The minimum Gasteiger partial charge on any atom is -0.481 e. The first-order chi connectivity index (χ1) is 7.66. The molecule has 0 radical (unpaired) electrons. The zero-order valence-corrected chi connectivity index (χ0v) is 11.4. The van der Waals surface area contributed by atoms with Crippen molar-refractivity contribution in [3.8, 4) is 0 Å². The van der Waals surface area contributed by atoms with Crippen LogP contribution in [0.2, 0.25) is 0 Å². The molecule has 4 heteroatoms. The van der Waals surface area contributed by atoms with Gasteiger partial charge in [-0.2, -0.15) is 0 Å². The minimum atomic E-state index is -0.795. The lowest BCUT2D eigenvalue weighted by Gasteiger charge is -2.32. The van der Waals surface area contributed by atoms with E-state index in [4.69, 9.17) is 5.11 Å². The first-order valence-corrected chi connectivity index (χ1v) is 6.19. The van der Waals surface area contributed by atoms with Crippen molar-refractivity contribution in [1.29, 1.82) is 0 Å². The Kier molecular flexibility index (Phi) is 3.84. The molecule has 1 heterocycles. The molecule has 1 N–H and O–H groups in total. The lowest BCUT2D eigenvalue weighted by atomic mass is 9.81. The van der Waals surface area contributed by atoms with Crippen LogP contribution in [-0.2, 0) is 9.59 Å². The van der Waals surface area contributed by atoms with Crippen molar-refractivity contribution < 1.29 is 14.7 Å². The highest BCUT2D eigenvalue weighted by atomic mass is 16.4. The molecule has 1 rings (SSSR count). The van der Waals surface area contributed by atoms with Crippen molar-refractivity contribution in [3.63, 3.8) is 0 Å². The Morgan fingerprint density at radius 1 is 1.35 bits per heavy atom. The van der Waals surface area contributed by atoms with Crippen LogP contribution in [0.15, 0.2) is 0 Å². The lowest BCUT2D eigenvalue weighted by Crippen LogP contribution is -2.43. The summed E-state index contributed by atoms with van der Waals surface area (Å²) in [5.74, 6) is -1.21. The zero-order chi connectivity index (χ0) is 13.4. The number of carboxylic acid groups (broad SMARTS) is 1. The fourth-order valence-electron chi connectivity index (χ4n) is 2.20. The standard InChI is InChI=1S/C13H23NO3/c1-8(13(3,4)5)11(15)14-7-6-10(9(14)2)12(16)17/h8-10H,6-7H2,1-5H3,(H,16,17). The second kappa shape index (κ2) is 4.67. The van der Waals surface area contributed by atoms with Crippen molar-refractivity contribution in [2.75, 3.05) is 6.54 Å². The summed E-state index contributed by atoms with van der Waals surface area (Å²) in [5, 5.41) is 9.04. The summed E-state index contributed by atoms with van der Waals surface area (Å²) in [4.78, 5) is 25.0. The highest BCUT2D eigenvalue weighted by Crippen LogP contribution is 2.31. The largest absolute Gasteiger partial charge is 0.481 e. The first-order valence-electron chi connectivity index (χ1n) is 6.19. The van der Waals surface area contributed by atoms with Crippen LogP contribution in [-0.4, -0.2) is 34.5 Å². The van der Waals surface area contributed by atoms with Crippen molar-refractivity contribution in [2.24, 2.45) is 17.3 Å². The lowest BCUT2D eigenvalue weighted by molar-refractivity contribution is -0.144. The third-order valence-electron chi connectivity index (χ3n) is 4.02. The monoisotopic (exact) mass is 241 g/mol. The van der Waals surface area contributed by atoms with E-state index in [1.807, 2.05) is 34.6 Å². The molecule has 1 aliphatic rings. The van der Waals surface area contributed by atoms with Gasteiger partial charge >= 0.3 is 5.97 Å². The van der Waals surface area contributed by atoms with E-state index in [1.54, 1.807) is 4.90 Å². The highest BCUT2D eigenvalue weighted by Gasteiger charge is 2.41. The average Bonchev–Trinajstić information content (AvgIpc) is 2.56. The number of amides is 1. The van der Waals surface area contributed by atoms with E-state index in [2.05, 4.69) is 0 Å². The van der Waals surface area contributed by atoms with Gasteiger partial charge in [0.2, 0.25) is 5.91 Å². The minimum absolute atomic E-state index is 0.0775. The molecule has 0 aromatic rings. The molecule has 0 aromatic carbocycles. The van der Waals surface area contributed by atoms with Gasteiger partial charge in [-0.05, 0) is 18.8 Å². The Bertz CT molecular complexity index is 319. The maximum Gasteiger partial charge on any atom is 0.308 e. The average molecular weight is 241 g/mol. The van der Waals surface area contributed by atoms with E-state index in [0.29, 0.717) is 13.0 Å². The van der Waals surface area contributed by atoms with Gasteiger partial charge in [0.05, 0.1) is 5.92 Å². The molecule has 0 saturated carbocycles. The Morgan fingerprint density at radius 3 is 2.24 bits per heavy atom. The van der Waals surface area contributed by atoms with Gasteiger partial charge in [0.15, 0.2) is 0 Å². The maximum atomic E-state index is 12.3. The third-order valence-corrected chi connectivity index (χ3v) is 4.02. The number of aliphatic carboxylic acids is 1. The Hall–Kier alpha value is -1.06. The van der Waals surface area contributed by atoms with Crippen LogP contribution >= 0.6 is 0 Å². The molecule has 0 spiro atoms.